The van der Waals surface area contributed by atoms with Gasteiger partial charge in [-0.25, -0.2) is 4.39 Å². The second kappa shape index (κ2) is 10.8. The van der Waals surface area contributed by atoms with Gasteiger partial charge in [0.25, 0.3) is 5.91 Å². The molecule has 0 aliphatic heterocycles. The second-order valence-corrected chi connectivity index (χ2v) is 8.23. The van der Waals surface area contributed by atoms with Gasteiger partial charge in [0, 0.05) is 10.6 Å². The fourth-order valence-electron chi connectivity index (χ4n) is 2.14. The van der Waals surface area contributed by atoms with Gasteiger partial charge in [-0.3, -0.25) is 14.4 Å². The lowest BCUT2D eigenvalue weighted by Crippen LogP contribution is -2.32. The summed E-state index contributed by atoms with van der Waals surface area (Å²) in [5.74, 6) is -1.65. The van der Waals surface area contributed by atoms with E-state index >= 15 is 0 Å². The molecule has 9 heteroatoms. The number of nitrogens with one attached hydrogen (secondary N) is 2. The van der Waals surface area contributed by atoms with Gasteiger partial charge in [0.15, 0.2) is 6.61 Å². The van der Waals surface area contributed by atoms with Crippen LogP contribution >= 0.6 is 23.1 Å². The highest BCUT2D eigenvalue weighted by Gasteiger charge is 2.19. The third-order valence-electron chi connectivity index (χ3n) is 3.62. The Labute approximate surface area is 170 Å². The van der Waals surface area contributed by atoms with Crippen molar-refractivity contribution >= 4 is 46.6 Å². The molecular weight excluding hydrogens is 403 g/mol. The molecule has 2 N–H and O–H groups in total. The quantitative estimate of drug-likeness (QED) is 0.603. The van der Waals surface area contributed by atoms with Gasteiger partial charge >= 0.3 is 5.97 Å². The van der Waals surface area contributed by atoms with Crippen LogP contribution in [0.2, 0.25) is 0 Å². The first kappa shape index (κ1) is 21.9. The largest absolute Gasteiger partial charge is 0.455 e. The molecule has 2 aromatic rings. The molecule has 0 spiro atoms. The highest BCUT2D eigenvalue weighted by atomic mass is 32.2. The molecule has 2 atom stereocenters. The van der Waals surface area contributed by atoms with Crippen LogP contribution in [0.4, 0.5) is 10.1 Å². The Morgan fingerprint density at radius 1 is 1.14 bits per heavy atom. The summed E-state index contributed by atoms with van der Waals surface area (Å²) < 4.78 is 17.8. The molecule has 1 aromatic heterocycles. The third-order valence-corrected chi connectivity index (χ3v) is 5.79. The lowest BCUT2D eigenvalue weighted by Gasteiger charge is -2.14. The average Bonchev–Trinajstić information content (AvgIpc) is 3.21. The summed E-state index contributed by atoms with van der Waals surface area (Å²) in [6.07, 6.45) is 0. The van der Waals surface area contributed by atoms with Gasteiger partial charge < -0.3 is 15.4 Å². The number of benzene rings is 1. The summed E-state index contributed by atoms with van der Waals surface area (Å²) in [7, 11) is 0. The van der Waals surface area contributed by atoms with Gasteiger partial charge in [-0.05, 0) is 49.6 Å². The summed E-state index contributed by atoms with van der Waals surface area (Å²) in [4.78, 5) is 36.8. The van der Waals surface area contributed by atoms with Crippen LogP contribution in [0.15, 0.2) is 41.8 Å². The molecule has 0 aliphatic carbocycles. The lowest BCUT2D eigenvalue weighted by atomic mass is 10.3. The monoisotopic (exact) mass is 424 g/mol. The molecular formula is C19H21FN2O4S2. The summed E-state index contributed by atoms with van der Waals surface area (Å²) in [6, 6.07) is 9.04. The highest BCUT2D eigenvalue weighted by molar-refractivity contribution is 8.01. The normalized spacial score (nSPS) is 12.7. The van der Waals surface area contributed by atoms with E-state index in [9.17, 15) is 18.8 Å². The lowest BCUT2D eigenvalue weighted by molar-refractivity contribution is -0.147. The van der Waals surface area contributed by atoms with Crippen LogP contribution in [0.3, 0.4) is 0 Å². The molecule has 2 amide bonds. The number of hydrogen-bond acceptors (Lipinski definition) is 6. The van der Waals surface area contributed by atoms with E-state index in [1.807, 2.05) is 24.4 Å². The van der Waals surface area contributed by atoms with Crippen molar-refractivity contribution in [3.05, 3.63) is 52.5 Å². The number of carbonyl (C=O) groups excluding carboxylic acids is 3. The van der Waals surface area contributed by atoms with E-state index in [1.165, 1.54) is 35.6 Å². The van der Waals surface area contributed by atoms with Crippen molar-refractivity contribution in [2.45, 2.75) is 25.1 Å². The number of hydrogen-bond donors (Lipinski definition) is 2. The van der Waals surface area contributed by atoms with Crippen molar-refractivity contribution in [3.63, 3.8) is 0 Å². The first-order valence-electron chi connectivity index (χ1n) is 8.51. The average molecular weight is 425 g/mol. The van der Waals surface area contributed by atoms with Crippen molar-refractivity contribution in [2.75, 3.05) is 17.7 Å². The van der Waals surface area contributed by atoms with Gasteiger partial charge in [0.2, 0.25) is 5.91 Å². The van der Waals surface area contributed by atoms with Gasteiger partial charge in [0.05, 0.1) is 11.8 Å². The number of rotatable bonds is 9. The predicted octanol–water partition coefficient (Wildman–Crippen LogP) is 3.37. The SMILES string of the molecule is CC(SCC(=O)Nc1ccc(F)cc1)C(=O)OCC(=O)NC(C)c1cccs1. The van der Waals surface area contributed by atoms with Gasteiger partial charge in [-0.15, -0.1) is 23.1 Å². The smallest absolute Gasteiger partial charge is 0.319 e. The van der Waals surface area contributed by atoms with E-state index in [-0.39, 0.29) is 30.2 Å². The number of anilines is 1. The van der Waals surface area contributed by atoms with E-state index < -0.39 is 17.0 Å². The number of thiophene rings is 1. The standard InChI is InChI=1S/C19H21FN2O4S2/c1-12(16-4-3-9-27-16)21-17(23)10-26-19(25)13(2)28-11-18(24)22-15-7-5-14(20)6-8-15/h3-9,12-13H,10-11H2,1-2H3,(H,21,23)(H,22,24). The van der Waals surface area contributed by atoms with Crippen molar-refractivity contribution in [2.24, 2.45) is 0 Å². The summed E-state index contributed by atoms with van der Waals surface area (Å²) in [6.45, 7) is 3.08. The molecule has 28 heavy (non-hydrogen) atoms. The van der Waals surface area contributed by atoms with E-state index in [0.29, 0.717) is 5.69 Å². The number of amides is 2. The molecule has 1 heterocycles. The first-order valence-corrected chi connectivity index (χ1v) is 10.4. The Kier molecular flexibility index (Phi) is 8.46. The minimum Gasteiger partial charge on any atom is -0.455 e. The van der Waals surface area contributed by atoms with Gasteiger partial charge in [-0.1, -0.05) is 6.07 Å². The van der Waals surface area contributed by atoms with Crippen LogP contribution in [-0.2, 0) is 19.1 Å². The first-order chi connectivity index (χ1) is 13.3. The molecule has 0 radical (unpaired) electrons. The van der Waals surface area contributed by atoms with Gasteiger partial charge in [0.1, 0.15) is 11.1 Å². The minimum absolute atomic E-state index is 0.0231. The molecule has 6 nitrogen and oxygen atoms in total. The maximum Gasteiger partial charge on any atom is 0.319 e. The van der Waals surface area contributed by atoms with E-state index in [1.54, 1.807) is 6.92 Å². The van der Waals surface area contributed by atoms with E-state index in [4.69, 9.17) is 4.74 Å². The van der Waals surface area contributed by atoms with Crippen LogP contribution in [-0.4, -0.2) is 35.4 Å². The van der Waals surface area contributed by atoms with E-state index in [0.717, 1.165) is 16.6 Å². The summed E-state index contributed by atoms with van der Waals surface area (Å²) >= 11 is 2.62. The molecule has 2 unspecified atom stereocenters. The fourth-order valence-corrected chi connectivity index (χ4v) is 3.56. The molecule has 2 rings (SSSR count). The fraction of sp³-hybridized carbons (Fsp3) is 0.316. The van der Waals surface area contributed by atoms with Crippen LogP contribution < -0.4 is 10.6 Å². The van der Waals surface area contributed by atoms with Crippen molar-refractivity contribution in [1.29, 1.82) is 0 Å². The van der Waals surface area contributed by atoms with Crippen LogP contribution in [0, 0.1) is 5.82 Å². The third kappa shape index (κ3) is 7.32. The number of carbonyl (C=O) groups is 3. The topological polar surface area (TPSA) is 84.5 Å². The number of ether oxygens (including phenoxy) is 1. The van der Waals surface area contributed by atoms with Crippen LogP contribution in [0.25, 0.3) is 0 Å². The van der Waals surface area contributed by atoms with E-state index in [2.05, 4.69) is 10.6 Å². The van der Waals surface area contributed by atoms with Crippen LogP contribution in [0.5, 0.6) is 0 Å². The molecule has 1 aromatic carbocycles. The zero-order valence-corrected chi connectivity index (χ0v) is 17.1. The zero-order valence-electron chi connectivity index (χ0n) is 15.4. The zero-order chi connectivity index (χ0) is 20.5. The molecule has 0 fully saturated rings. The number of thioether (sulfide) groups is 1. The molecule has 0 saturated carbocycles. The number of halogens is 1. The van der Waals surface area contributed by atoms with Crippen molar-refractivity contribution in [1.82, 2.24) is 5.32 Å². The highest BCUT2D eigenvalue weighted by Crippen LogP contribution is 2.18. The summed E-state index contributed by atoms with van der Waals surface area (Å²) in [5, 5.41) is 6.67. The predicted molar refractivity (Wildman–Crippen MR) is 109 cm³/mol. The Balaban J connectivity index is 1.66. The second-order valence-electron chi connectivity index (χ2n) is 5.92. The molecule has 150 valence electrons. The molecule has 0 bridgehead atoms. The summed E-state index contributed by atoms with van der Waals surface area (Å²) in [5.41, 5.74) is 0.471. The maximum absolute atomic E-state index is 12.8. The van der Waals surface area contributed by atoms with Crippen molar-refractivity contribution < 1.29 is 23.5 Å². The molecule has 0 aliphatic rings. The Morgan fingerprint density at radius 2 is 1.86 bits per heavy atom. The number of esters is 1. The Bertz CT molecular complexity index is 797. The van der Waals surface area contributed by atoms with Crippen LogP contribution in [0.1, 0.15) is 24.8 Å². The van der Waals surface area contributed by atoms with Crippen molar-refractivity contribution in [3.8, 4) is 0 Å². The van der Waals surface area contributed by atoms with Gasteiger partial charge in [-0.2, -0.15) is 0 Å². The Hall–Kier alpha value is -2.39. The maximum atomic E-state index is 12.8. The minimum atomic E-state index is -0.610. The molecule has 0 saturated heterocycles. The Morgan fingerprint density at radius 3 is 2.50 bits per heavy atom.